The van der Waals surface area contributed by atoms with Crippen LogP contribution in [0.1, 0.15) is 25.8 Å². The van der Waals surface area contributed by atoms with Crippen molar-refractivity contribution < 1.29 is 8.42 Å². The Kier molecular flexibility index (Phi) is 5.35. The van der Waals surface area contributed by atoms with Crippen molar-refractivity contribution in [3.8, 4) is 0 Å². The predicted molar refractivity (Wildman–Crippen MR) is 89.1 cm³/mol. The molecular weight excluding hydrogens is 304 g/mol. The van der Waals surface area contributed by atoms with Crippen LogP contribution in [-0.2, 0) is 16.4 Å². The molecule has 0 saturated carbocycles. The minimum atomic E-state index is -3.38. The third-order valence-corrected chi connectivity index (χ3v) is 7.08. The third kappa shape index (κ3) is 4.22. The van der Waals surface area contributed by atoms with Crippen LogP contribution in [0, 0.1) is 0 Å². The quantitative estimate of drug-likeness (QED) is 0.919. The van der Waals surface area contributed by atoms with Crippen LogP contribution in [0.5, 0.6) is 0 Å². The zero-order valence-corrected chi connectivity index (χ0v) is 14.3. The number of nitrogens with zero attached hydrogens (tertiary/aromatic N) is 1. The Morgan fingerprint density at radius 1 is 1.24 bits per heavy atom. The second-order valence-electron chi connectivity index (χ2n) is 5.94. The molecule has 0 atom stereocenters. The molecule has 2 N–H and O–H groups in total. The normalized spacial score (nSPS) is 20.1. The van der Waals surface area contributed by atoms with Gasteiger partial charge in [0.15, 0.2) is 0 Å². The lowest BCUT2D eigenvalue weighted by molar-refractivity contribution is 0.415. The number of nitrogens with two attached hydrogens (primary N) is 1. The largest absolute Gasteiger partial charge is 0.330 e. The minimum absolute atomic E-state index is 0.148. The second-order valence-corrected chi connectivity index (χ2v) is 9.68. The summed E-state index contributed by atoms with van der Waals surface area (Å²) in [5, 5.41) is 0. The lowest BCUT2D eigenvalue weighted by Crippen LogP contribution is -2.33. The van der Waals surface area contributed by atoms with E-state index < -0.39 is 10.0 Å². The van der Waals surface area contributed by atoms with E-state index in [1.54, 1.807) is 16.4 Å². The summed E-state index contributed by atoms with van der Waals surface area (Å²) in [6.07, 6.45) is 1.65. The average molecular weight is 329 g/mol. The first-order valence-electron chi connectivity index (χ1n) is 7.28. The fourth-order valence-electron chi connectivity index (χ4n) is 2.39. The standard InChI is InChI=1S/C15H24N2O2S2/c1-15(2)8-10-17(11-12-20-15)21(18,19)14-5-3-13(4-6-14)7-9-16/h3-6H,7-12,16H2,1-2H3. The van der Waals surface area contributed by atoms with E-state index in [-0.39, 0.29) is 4.75 Å². The number of sulfonamides is 1. The van der Waals surface area contributed by atoms with Crippen molar-refractivity contribution in [3.05, 3.63) is 29.8 Å². The molecule has 0 bridgehead atoms. The van der Waals surface area contributed by atoms with Gasteiger partial charge in [0, 0.05) is 23.6 Å². The van der Waals surface area contributed by atoms with Crippen molar-refractivity contribution in [2.24, 2.45) is 5.73 Å². The van der Waals surface area contributed by atoms with E-state index in [4.69, 9.17) is 5.73 Å². The molecule has 1 aliphatic heterocycles. The van der Waals surface area contributed by atoms with Gasteiger partial charge in [-0.05, 0) is 37.1 Å². The van der Waals surface area contributed by atoms with E-state index in [1.807, 2.05) is 23.9 Å². The average Bonchev–Trinajstić information content (AvgIpc) is 2.61. The molecule has 1 aromatic rings. The first-order valence-corrected chi connectivity index (χ1v) is 9.71. The molecule has 1 aliphatic rings. The van der Waals surface area contributed by atoms with E-state index >= 15 is 0 Å². The molecule has 0 radical (unpaired) electrons. The van der Waals surface area contributed by atoms with Gasteiger partial charge in [0.05, 0.1) is 4.90 Å². The Hall–Kier alpha value is -0.560. The summed E-state index contributed by atoms with van der Waals surface area (Å²) >= 11 is 1.85. The van der Waals surface area contributed by atoms with Gasteiger partial charge < -0.3 is 5.73 Å². The number of thioether (sulfide) groups is 1. The summed E-state index contributed by atoms with van der Waals surface area (Å²) in [7, 11) is -3.38. The van der Waals surface area contributed by atoms with Crippen molar-refractivity contribution in [1.29, 1.82) is 0 Å². The van der Waals surface area contributed by atoms with Crippen LogP contribution < -0.4 is 5.73 Å². The summed E-state index contributed by atoms with van der Waals surface area (Å²) in [6, 6.07) is 7.11. The number of hydrogen-bond donors (Lipinski definition) is 1. The van der Waals surface area contributed by atoms with Gasteiger partial charge in [-0.1, -0.05) is 26.0 Å². The highest BCUT2D eigenvalue weighted by Crippen LogP contribution is 2.32. The number of benzene rings is 1. The van der Waals surface area contributed by atoms with E-state index in [0.29, 0.717) is 24.5 Å². The van der Waals surface area contributed by atoms with Crippen molar-refractivity contribution in [3.63, 3.8) is 0 Å². The molecule has 0 spiro atoms. The Balaban J connectivity index is 2.17. The Labute approximate surface area is 132 Å². The first kappa shape index (κ1) is 16.8. The Morgan fingerprint density at radius 2 is 1.90 bits per heavy atom. The van der Waals surface area contributed by atoms with Gasteiger partial charge in [0.2, 0.25) is 10.0 Å². The molecule has 1 aromatic carbocycles. The topological polar surface area (TPSA) is 63.4 Å². The van der Waals surface area contributed by atoms with Gasteiger partial charge in [-0.2, -0.15) is 16.1 Å². The van der Waals surface area contributed by atoms with Gasteiger partial charge in [-0.25, -0.2) is 8.42 Å². The van der Waals surface area contributed by atoms with Crippen LogP contribution >= 0.6 is 11.8 Å². The van der Waals surface area contributed by atoms with Gasteiger partial charge in [-0.15, -0.1) is 0 Å². The Morgan fingerprint density at radius 3 is 2.52 bits per heavy atom. The maximum Gasteiger partial charge on any atom is 0.243 e. The van der Waals surface area contributed by atoms with Crippen molar-refractivity contribution in [2.75, 3.05) is 25.4 Å². The fourth-order valence-corrected chi connectivity index (χ4v) is 5.04. The van der Waals surface area contributed by atoms with Gasteiger partial charge in [0.1, 0.15) is 0 Å². The van der Waals surface area contributed by atoms with Crippen molar-refractivity contribution >= 4 is 21.8 Å². The van der Waals surface area contributed by atoms with Crippen LogP contribution in [0.15, 0.2) is 29.2 Å². The van der Waals surface area contributed by atoms with E-state index in [0.717, 1.165) is 24.2 Å². The van der Waals surface area contributed by atoms with Crippen LogP contribution in [0.4, 0.5) is 0 Å². The van der Waals surface area contributed by atoms with E-state index in [2.05, 4.69) is 13.8 Å². The van der Waals surface area contributed by atoms with E-state index in [1.165, 1.54) is 0 Å². The lowest BCUT2D eigenvalue weighted by Gasteiger charge is -2.22. The third-order valence-electron chi connectivity index (χ3n) is 3.79. The maximum absolute atomic E-state index is 12.7. The highest BCUT2D eigenvalue weighted by molar-refractivity contribution is 8.00. The summed E-state index contributed by atoms with van der Waals surface area (Å²) in [5.74, 6) is 0.845. The molecular formula is C15H24N2O2S2. The number of hydrogen-bond acceptors (Lipinski definition) is 4. The summed E-state index contributed by atoms with van der Waals surface area (Å²) in [4.78, 5) is 0.382. The second kappa shape index (κ2) is 6.69. The zero-order chi connectivity index (χ0) is 15.5. The summed E-state index contributed by atoms with van der Waals surface area (Å²) in [5.41, 5.74) is 6.59. The summed E-state index contributed by atoms with van der Waals surface area (Å²) < 4.78 is 27.2. The molecule has 1 saturated heterocycles. The molecule has 1 fully saturated rings. The van der Waals surface area contributed by atoms with Crippen LogP contribution in [-0.4, -0.2) is 42.9 Å². The highest BCUT2D eigenvalue weighted by Gasteiger charge is 2.30. The monoisotopic (exact) mass is 328 g/mol. The van der Waals surface area contributed by atoms with Crippen LogP contribution in [0.25, 0.3) is 0 Å². The molecule has 1 heterocycles. The summed E-state index contributed by atoms with van der Waals surface area (Å²) in [6.45, 7) is 6.10. The fraction of sp³-hybridized carbons (Fsp3) is 0.600. The molecule has 6 heteroatoms. The Bertz CT molecular complexity index is 568. The SMILES string of the molecule is CC1(C)CCN(S(=O)(=O)c2ccc(CCN)cc2)CCS1. The molecule has 118 valence electrons. The van der Waals surface area contributed by atoms with Crippen LogP contribution in [0.2, 0.25) is 0 Å². The maximum atomic E-state index is 12.7. The van der Waals surface area contributed by atoms with Gasteiger partial charge in [0.25, 0.3) is 0 Å². The van der Waals surface area contributed by atoms with Crippen LogP contribution in [0.3, 0.4) is 0 Å². The predicted octanol–water partition coefficient (Wildman–Crippen LogP) is 2.09. The van der Waals surface area contributed by atoms with Gasteiger partial charge in [-0.3, -0.25) is 0 Å². The molecule has 0 unspecified atom stereocenters. The van der Waals surface area contributed by atoms with Gasteiger partial charge >= 0.3 is 0 Å². The molecule has 2 rings (SSSR count). The zero-order valence-electron chi connectivity index (χ0n) is 12.7. The van der Waals surface area contributed by atoms with Crippen molar-refractivity contribution in [2.45, 2.75) is 36.3 Å². The minimum Gasteiger partial charge on any atom is -0.330 e. The van der Waals surface area contributed by atoms with Crippen molar-refractivity contribution in [1.82, 2.24) is 4.31 Å². The highest BCUT2D eigenvalue weighted by atomic mass is 32.2. The molecule has 4 nitrogen and oxygen atoms in total. The lowest BCUT2D eigenvalue weighted by atomic mass is 10.1. The number of rotatable bonds is 4. The molecule has 0 aromatic heterocycles. The molecule has 0 aliphatic carbocycles. The molecule has 21 heavy (non-hydrogen) atoms. The van der Waals surface area contributed by atoms with E-state index in [9.17, 15) is 8.42 Å². The smallest absolute Gasteiger partial charge is 0.243 e. The first-order chi connectivity index (χ1) is 9.85. The molecule has 0 amide bonds.